The monoisotopic (exact) mass is 502 g/mol. The fourth-order valence-electron chi connectivity index (χ4n) is 4.06. The number of nitrogens with one attached hydrogen (secondary N) is 2. The molecule has 2 N–H and O–H groups in total. The average molecular weight is 503 g/mol. The smallest absolute Gasteiger partial charge is 0.346 e. The topological polar surface area (TPSA) is 104 Å². The Hall–Kier alpha value is -3.78. The Morgan fingerprint density at radius 2 is 2.19 bits per heavy atom. The Kier molecular flexibility index (Phi) is 8.28. The van der Waals surface area contributed by atoms with E-state index in [0.29, 0.717) is 35.7 Å². The van der Waals surface area contributed by atoms with Crippen LogP contribution < -0.4 is 10.1 Å². The van der Waals surface area contributed by atoms with E-state index in [-0.39, 0.29) is 25.2 Å². The number of anilines is 1. The predicted molar refractivity (Wildman–Crippen MR) is 150 cm³/mol. The summed E-state index contributed by atoms with van der Waals surface area (Å²) in [7, 11) is 0. The molecule has 0 radical (unpaired) electrons. The number of rotatable bonds is 6. The van der Waals surface area contributed by atoms with Crippen molar-refractivity contribution in [2.45, 2.75) is 32.6 Å². The van der Waals surface area contributed by atoms with Gasteiger partial charge in [0, 0.05) is 43.7 Å². The number of carbonyl (C=O) groups excluding carboxylic acids is 2. The molecule has 0 unspecified atom stereocenters. The number of hydrogen-bond donors (Lipinski definition) is 2. The lowest BCUT2D eigenvalue weighted by Gasteiger charge is -2.11. The molecule has 186 valence electrons. The summed E-state index contributed by atoms with van der Waals surface area (Å²) in [6.45, 7) is 6.25. The van der Waals surface area contributed by atoms with Crippen molar-refractivity contribution in [1.82, 2.24) is 0 Å². The molecule has 2 amide bonds. The highest BCUT2D eigenvalue weighted by molar-refractivity contribution is 8.14. The molecule has 4 rings (SSSR count). The molecule has 0 atom stereocenters. The molecule has 0 bridgehead atoms. The molecule has 0 saturated carbocycles. The van der Waals surface area contributed by atoms with Crippen molar-refractivity contribution in [1.29, 1.82) is 5.41 Å². The molecule has 2 aliphatic heterocycles. The van der Waals surface area contributed by atoms with Crippen molar-refractivity contribution in [3.8, 4) is 5.75 Å². The third kappa shape index (κ3) is 6.07. The lowest BCUT2D eigenvalue weighted by atomic mass is 9.97. The van der Waals surface area contributed by atoms with Crippen molar-refractivity contribution in [2.75, 3.05) is 17.7 Å². The van der Waals surface area contributed by atoms with Gasteiger partial charge in [0.05, 0.1) is 12.4 Å². The molecule has 7 nitrogen and oxygen atoms in total. The average Bonchev–Trinajstić information content (AvgIpc) is 3.28. The number of aryl methyl sites for hydroxylation is 1. The largest absolute Gasteiger partial charge is 0.492 e. The first-order valence-corrected chi connectivity index (χ1v) is 12.8. The number of para-hydroxylation sites is 1. The molecule has 2 aromatic rings. The van der Waals surface area contributed by atoms with E-state index < -0.39 is 6.03 Å². The molecule has 0 fully saturated rings. The van der Waals surface area contributed by atoms with Gasteiger partial charge in [-0.05, 0) is 47.4 Å². The number of urea groups is 1. The van der Waals surface area contributed by atoms with Gasteiger partial charge >= 0.3 is 6.03 Å². The zero-order chi connectivity index (χ0) is 25.5. The molecule has 8 heteroatoms. The normalized spacial score (nSPS) is 16.3. The van der Waals surface area contributed by atoms with Gasteiger partial charge in [-0.3, -0.25) is 10.2 Å². The van der Waals surface area contributed by atoms with E-state index in [0.717, 1.165) is 34.4 Å². The fourth-order valence-corrected chi connectivity index (χ4v) is 4.84. The number of carbonyl (C=O) groups is 2. The maximum atomic E-state index is 12.8. The fraction of sp³-hybridized carbons (Fsp3) is 0.250. The van der Waals surface area contributed by atoms with Gasteiger partial charge in [0.2, 0.25) is 0 Å². The maximum absolute atomic E-state index is 12.8. The van der Waals surface area contributed by atoms with Gasteiger partial charge < -0.3 is 10.1 Å². The molecular formula is C28H30N4O3S. The van der Waals surface area contributed by atoms with E-state index in [9.17, 15) is 9.59 Å². The van der Waals surface area contributed by atoms with Gasteiger partial charge in [-0.1, -0.05) is 43.0 Å². The Morgan fingerprint density at radius 1 is 1.33 bits per heavy atom. The van der Waals surface area contributed by atoms with E-state index in [1.54, 1.807) is 24.4 Å². The van der Waals surface area contributed by atoms with E-state index in [4.69, 9.17) is 10.1 Å². The Morgan fingerprint density at radius 3 is 3.00 bits per heavy atom. The Bertz CT molecular complexity index is 1320. The highest BCUT2D eigenvalue weighted by Gasteiger charge is 2.23. The number of ketones is 1. The van der Waals surface area contributed by atoms with Crippen molar-refractivity contribution in [3.63, 3.8) is 0 Å². The van der Waals surface area contributed by atoms with Crippen LogP contribution in [0.15, 0.2) is 65.1 Å². The van der Waals surface area contributed by atoms with Crippen molar-refractivity contribution >= 4 is 51.9 Å². The minimum atomic E-state index is -0.515. The minimum absolute atomic E-state index is 0. The van der Waals surface area contributed by atoms with E-state index in [1.165, 1.54) is 11.8 Å². The molecule has 2 aliphatic rings. The summed E-state index contributed by atoms with van der Waals surface area (Å²) in [4.78, 5) is 33.7. The zero-order valence-electron chi connectivity index (χ0n) is 20.2. The van der Waals surface area contributed by atoms with Gasteiger partial charge in [0.15, 0.2) is 5.84 Å². The number of Topliss-reactive ketones (excluding diaryl/α,β-unsaturated/α-hetero) is 1. The van der Waals surface area contributed by atoms with Crippen LogP contribution in [0.1, 0.15) is 43.4 Å². The molecule has 36 heavy (non-hydrogen) atoms. The highest BCUT2D eigenvalue weighted by Crippen LogP contribution is 2.37. The Labute approximate surface area is 216 Å². The number of fused-ring (bicyclic) bond motifs is 1. The summed E-state index contributed by atoms with van der Waals surface area (Å²) < 4.78 is 5.83. The van der Waals surface area contributed by atoms with Crippen LogP contribution in [-0.2, 0) is 17.6 Å². The predicted octanol–water partition coefficient (Wildman–Crippen LogP) is 6.12. The van der Waals surface area contributed by atoms with Crippen LogP contribution in [0.5, 0.6) is 5.75 Å². The first-order valence-electron chi connectivity index (χ1n) is 11.8. The number of allylic oxidation sites excluding steroid dienone is 2. The summed E-state index contributed by atoms with van der Waals surface area (Å²) in [6, 6.07) is 10.8. The summed E-state index contributed by atoms with van der Waals surface area (Å²) in [5.41, 5.74) is 5.00. The van der Waals surface area contributed by atoms with Crippen molar-refractivity contribution < 1.29 is 15.8 Å². The van der Waals surface area contributed by atoms with Crippen LogP contribution in [0.3, 0.4) is 0 Å². The second-order valence-electron chi connectivity index (χ2n) is 8.36. The summed E-state index contributed by atoms with van der Waals surface area (Å²) in [6.07, 6.45) is 7.55. The second kappa shape index (κ2) is 11.8. The van der Waals surface area contributed by atoms with E-state index in [1.807, 2.05) is 37.3 Å². The van der Waals surface area contributed by atoms with Gasteiger partial charge in [-0.2, -0.15) is 4.99 Å². The SMILES string of the molecule is C=CCC=NC(=N)c1ccc(NC(=O)/N=C2/C=C(c3cccc4c3OCC4)CC(=O)CS2)c(CC)c1.[HH]. The quantitative estimate of drug-likeness (QED) is 0.282. The maximum Gasteiger partial charge on any atom is 0.346 e. The summed E-state index contributed by atoms with van der Waals surface area (Å²) in [5, 5.41) is 11.5. The molecule has 0 aromatic heterocycles. The Balaban J connectivity index is 0.00000380. The number of aliphatic imine (C=N–C) groups is 2. The van der Waals surface area contributed by atoms with Gasteiger partial charge in [0.1, 0.15) is 16.6 Å². The number of hydrogen-bond acceptors (Lipinski definition) is 5. The molecule has 0 saturated heterocycles. The number of benzene rings is 2. The highest BCUT2D eigenvalue weighted by atomic mass is 32.2. The second-order valence-corrected chi connectivity index (χ2v) is 9.35. The lowest BCUT2D eigenvalue weighted by molar-refractivity contribution is -0.115. The number of thioether (sulfide) groups is 1. The van der Waals surface area contributed by atoms with Crippen LogP contribution in [0, 0.1) is 5.41 Å². The van der Waals surface area contributed by atoms with Crippen LogP contribution >= 0.6 is 11.8 Å². The summed E-state index contributed by atoms with van der Waals surface area (Å²) >= 11 is 1.26. The third-order valence-corrected chi connectivity index (χ3v) is 6.80. The number of amidine groups is 1. The minimum Gasteiger partial charge on any atom is -0.492 e. The molecule has 2 aromatic carbocycles. The molecule has 0 spiro atoms. The molecule has 0 aliphatic carbocycles. The number of ether oxygens (including phenoxy) is 1. The third-order valence-electron chi connectivity index (χ3n) is 5.83. The zero-order valence-corrected chi connectivity index (χ0v) is 21.0. The van der Waals surface area contributed by atoms with E-state index >= 15 is 0 Å². The van der Waals surface area contributed by atoms with Crippen LogP contribution in [0.4, 0.5) is 10.5 Å². The number of amides is 2. The first-order chi connectivity index (χ1) is 17.5. The van der Waals surface area contributed by atoms with Crippen LogP contribution in [-0.4, -0.2) is 41.3 Å². The lowest BCUT2D eigenvalue weighted by Crippen LogP contribution is -2.11. The first kappa shape index (κ1) is 25.3. The molecular weight excluding hydrogens is 472 g/mol. The van der Waals surface area contributed by atoms with Gasteiger partial charge in [0.25, 0.3) is 0 Å². The van der Waals surface area contributed by atoms with Gasteiger partial charge in [-0.25, -0.2) is 9.79 Å². The number of nitrogens with zero attached hydrogens (tertiary/aromatic N) is 2. The summed E-state index contributed by atoms with van der Waals surface area (Å²) in [5.74, 6) is 1.30. The van der Waals surface area contributed by atoms with E-state index in [2.05, 4.69) is 21.9 Å². The van der Waals surface area contributed by atoms with Gasteiger partial charge in [-0.15, -0.1) is 6.58 Å². The molecule has 2 heterocycles. The van der Waals surface area contributed by atoms with Crippen molar-refractivity contribution in [2.24, 2.45) is 9.98 Å². The van der Waals surface area contributed by atoms with Crippen LogP contribution in [0.25, 0.3) is 5.57 Å². The van der Waals surface area contributed by atoms with Crippen molar-refractivity contribution in [3.05, 3.63) is 77.4 Å². The standard InChI is InChI=1S/C28H28N4O3S.H2/c1-3-5-12-30-27(29)20-9-10-24(18(4-2)14-20)31-28(34)32-25-16-21(15-22(33)17-36-25)23-8-6-7-19-11-13-35-26(19)23;/h3,6-10,12,14,16,29H,1,4-5,11,13,15,17H2,2H3,(H,31,34);1H/b29-27?,30-12?,32-25-;. The van der Waals surface area contributed by atoms with Crippen LogP contribution in [0.2, 0.25) is 0 Å².